The Labute approximate surface area is 88.3 Å². The molecule has 0 bridgehead atoms. The molecule has 2 atom stereocenters. The van der Waals surface area contributed by atoms with E-state index in [9.17, 15) is 4.79 Å². The van der Waals surface area contributed by atoms with Crippen LogP contribution in [0.4, 0.5) is 0 Å². The number of furan rings is 1. The van der Waals surface area contributed by atoms with Crippen LogP contribution < -0.4 is 5.32 Å². The lowest BCUT2D eigenvalue weighted by Crippen LogP contribution is -2.35. The van der Waals surface area contributed by atoms with Crippen LogP contribution in [-0.2, 0) is 10.2 Å². The second kappa shape index (κ2) is 3.38. The Hall–Kier alpha value is -1.29. The smallest absolute Gasteiger partial charge is 0.308 e. The van der Waals surface area contributed by atoms with Gasteiger partial charge < -0.3 is 14.8 Å². The van der Waals surface area contributed by atoms with Crippen molar-refractivity contribution in [3.63, 3.8) is 0 Å². The Morgan fingerprint density at radius 1 is 1.67 bits per heavy atom. The van der Waals surface area contributed by atoms with Crippen LogP contribution in [0.25, 0.3) is 0 Å². The molecule has 82 valence electrons. The van der Waals surface area contributed by atoms with Crippen molar-refractivity contribution < 1.29 is 14.3 Å². The predicted octanol–water partition coefficient (Wildman–Crippen LogP) is 1.15. The van der Waals surface area contributed by atoms with Gasteiger partial charge >= 0.3 is 5.97 Å². The van der Waals surface area contributed by atoms with E-state index in [1.165, 1.54) is 0 Å². The van der Waals surface area contributed by atoms with E-state index < -0.39 is 17.3 Å². The van der Waals surface area contributed by atoms with E-state index in [1.54, 1.807) is 0 Å². The summed E-state index contributed by atoms with van der Waals surface area (Å²) in [5.74, 6) is 0.402. The van der Waals surface area contributed by atoms with Crippen molar-refractivity contribution >= 4 is 5.97 Å². The fourth-order valence-electron chi connectivity index (χ4n) is 2.18. The Bertz CT molecular complexity index is 385. The zero-order chi connectivity index (χ0) is 11.1. The lowest BCUT2D eigenvalue weighted by Gasteiger charge is -2.25. The summed E-state index contributed by atoms with van der Waals surface area (Å²) < 4.78 is 5.55. The van der Waals surface area contributed by atoms with Crippen LogP contribution in [0.15, 0.2) is 16.5 Å². The van der Waals surface area contributed by atoms with E-state index in [4.69, 9.17) is 9.52 Å². The molecule has 0 spiro atoms. The lowest BCUT2D eigenvalue weighted by molar-refractivity contribution is -0.143. The van der Waals surface area contributed by atoms with Gasteiger partial charge in [-0.2, -0.15) is 0 Å². The molecule has 1 aromatic heterocycles. The molecule has 1 aliphatic heterocycles. The second-order valence-electron chi connectivity index (χ2n) is 4.35. The Kier molecular flexibility index (Phi) is 2.31. The summed E-state index contributed by atoms with van der Waals surface area (Å²) in [5, 5.41) is 12.2. The Balaban J connectivity index is 2.36. The van der Waals surface area contributed by atoms with Gasteiger partial charge in [0.05, 0.1) is 11.3 Å². The quantitative estimate of drug-likeness (QED) is 0.767. The molecule has 15 heavy (non-hydrogen) atoms. The zero-order valence-corrected chi connectivity index (χ0v) is 8.91. The third-order valence-electron chi connectivity index (χ3n) is 3.21. The summed E-state index contributed by atoms with van der Waals surface area (Å²) in [5.41, 5.74) is -0.430. The van der Waals surface area contributed by atoms with Gasteiger partial charge in [0.25, 0.3) is 0 Å². The molecule has 0 radical (unpaired) electrons. The molecule has 4 heteroatoms. The van der Waals surface area contributed by atoms with Crippen LogP contribution >= 0.6 is 0 Å². The summed E-state index contributed by atoms with van der Waals surface area (Å²) in [6.45, 7) is 4.96. The number of nitrogens with one attached hydrogen (secondary N) is 1. The van der Waals surface area contributed by atoms with Crippen molar-refractivity contribution in [2.24, 2.45) is 5.92 Å². The third kappa shape index (κ3) is 1.55. The van der Waals surface area contributed by atoms with Gasteiger partial charge in [-0.05, 0) is 19.1 Å². The molecule has 1 fully saturated rings. The highest BCUT2D eigenvalue weighted by atomic mass is 16.4. The van der Waals surface area contributed by atoms with Gasteiger partial charge in [-0.15, -0.1) is 0 Å². The van der Waals surface area contributed by atoms with E-state index >= 15 is 0 Å². The minimum Gasteiger partial charge on any atom is -0.481 e. The van der Waals surface area contributed by atoms with E-state index in [-0.39, 0.29) is 0 Å². The molecule has 0 aliphatic carbocycles. The van der Waals surface area contributed by atoms with E-state index in [0.717, 1.165) is 11.5 Å². The van der Waals surface area contributed by atoms with Gasteiger partial charge in [-0.3, -0.25) is 4.79 Å². The van der Waals surface area contributed by atoms with E-state index in [1.807, 2.05) is 26.0 Å². The molecule has 1 aliphatic rings. The lowest BCUT2D eigenvalue weighted by atomic mass is 9.78. The van der Waals surface area contributed by atoms with Crippen LogP contribution in [0, 0.1) is 12.8 Å². The molecule has 4 nitrogen and oxygen atoms in total. The molecule has 0 saturated carbocycles. The Morgan fingerprint density at radius 2 is 2.40 bits per heavy atom. The molecule has 0 amide bonds. The number of aryl methyl sites for hydroxylation is 1. The molecule has 1 saturated heterocycles. The van der Waals surface area contributed by atoms with Crippen LogP contribution in [0.3, 0.4) is 0 Å². The third-order valence-corrected chi connectivity index (χ3v) is 3.21. The average Bonchev–Trinajstić information content (AvgIpc) is 2.72. The van der Waals surface area contributed by atoms with Gasteiger partial charge in [0.2, 0.25) is 0 Å². The van der Waals surface area contributed by atoms with Crippen LogP contribution in [0.5, 0.6) is 0 Å². The first-order chi connectivity index (χ1) is 7.04. The monoisotopic (exact) mass is 209 g/mol. The molecule has 0 aromatic carbocycles. The average molecular weight is 209 g/mol. The number of hydrogen-bond acceptors (Lipinski definition) is 3. The van der Waals surface area contributed by atoms with Gasteiger partial charge in [-0.1, -0.05) is 6.92 Å². The standard InChI is InChI=1S/C11H15NO3/c1-7-3-4-9(15-7)11(2)6-12-5-8(11)10(13)14/h3-4,8,12H,5-6H2,1-2H3,(H,13,14). The summed E-state index contributed by atoms with van der Waals surface area (Å²) in [6, 6.07) is 3.75. The number of carbonyl (C=O) groups is 1. The molecular formula is C11H15NO3. The number of carboxylic acid groups (broad SMARTS) is 1. The summed E-state index contributed by atoms with van der Waals surface area (Å²) >= 11 is 0. The SMILES string of the molecule is Cc1ccc(C2(C)CNCC2C(=O)O)o1. The first-order valence-electron chi connectivity index (χ1n) is 5.04. The maximum Gasteiger partial charge on any atom is 0.308 e. The van der Waals surface area contributed by atoms with Crippen molar-refractivity contribution in [2.75, 3.05) is 13.1 Å². The largest absolute Gasteiger partial charge is 0.481 e. The number of carboxylic acids is 1. The fraction of sp³-hybridized carbons (Fsp3) is 0.545. The van der Waals surface area contributed by atoms with E-state index in [2.05, 4.69) is 5.32 Å². The minimum atomic E-state index is -0.767. The van der Waals surface area contributed by atoms with Crippen molar-refractivity contribution in [2.45, 2.75) is 19.3 Å². The van der Waals surface area contributed by atoms with Crippen molar-refractivity contribution in [3.05, 3.63) is 23.7 Å². The van der Waals surface area contributed by atoms with Crippen molar-refractivity contribution in [1.82, 2.24) is 5.32 Å². The predicted molar refractivity (Wildman–Crippen MR) is 54.8 cm³/mol. The van der Waals surface area contributed by atoms with Gasteiger partial charge in [0.1, 0.15) is 11.5 Å². The second-order valence-corrected chi connectivity index (χ2v) is 4.35. The molecule has 2 heterocycles. The number of hydrogen-bond donors (Lipinski definition) is 2. The normalized spacial score (nSPS) is 30.7. The van der Waals surface area contributed by atoms with Gasteiger partial charge in [0.15, 0.2) is 0 Å². The molecule has 2 rings (SSSR count). The highest BCUT2D eigenvalue weighted by Crippen LogP contribution is 2.36. The maximum atomic E-state index is 11.1. The summed E-state index contributed by atoms with van der Waals surface area (Å²) in [4.78, 5) is 11.1. The van der Waals surface area contributed by atoms with Gasteiger partial charge in [0, 0.05) is 13.1 Å². The molecule has 2 N–H and O–H groups in total. The first-order valence-corrected chi connectivity index (χ1v) is 5.04. The van der Waals surface area contributed by atoms with Crippen molar-refractivity contribution in [1.29, 1.82) is 0 Å². The topological polar surface area (TPSA) is 62.5 Å². The number of rotatable bonds is 2. The number of aliphatic carboxylic acids is 1. The zero-order valence-electron chi connectivity index (χ0n) is 8.91. The van der Waals surface area contributed by atoms with Crippen LogP contribution in [-0.4, -0.2) is 24.2 Å². The first kappa shape index (κ1) is 10.2. The summed E-state index contributed by atoms with van der Waals surface area (Å²) in [7, 11) is 0. The molecule has 2 unspecified atom stereocenters. The van der Waals surface area contributed by atoms with E-state index in [0.29, 0.717) is 13.1 Å². The molecule has 1 aromatic rings. The fourth-order valence-corrected chi connectivity index (χ4v) is 2.18. The highest BCUT2D eigenvalue weighted by molar-refractivity contribution is 5.73. The van der Waals surface area contributed by atoms with Crippen molar-refractivity contribution in [3.8, 4) is 0 Å². The minimum absolute atomic E-state index is 0.414. The highest BCUT2D eigenvalue weighted by Gasteiger charge is 2.46. The van der Waals surface area contributed by atoms with Crippen LogP contribution in [0.1, 0.15) is 18.4 Å². The van der Waals surface area contributed by atoms with Crippen LogP contribution in [0.2, 0.25) is 0 Å². The Morgan fingerprint density at radius 3 is 2.93 bits per heavy atom. The molecular weight excluding hydrogens is 194 g/mol. The van der Waals surface area contributed by atoms with Gasteiger partial charge in [-0.25, -0.2) is 0 Å². The maximum absolute atomic E-state index is 11.1. The summed E-state index contributed by atoms with van der Waals surface area (Å²) in [6.07, 6.45) is 0.